The van der Waals surface area contributed by atoms with Crippen molar-refractivity contribution < 1.29 is 0 Å². The molecule has 0 unspecified atom stereocenters. The third-order valence-corrected chi connectivity index (χ3v) is 4.91. The number of pyridine rings is 1. The number of aromatic nitrogens is 5. The van der Waals surface area contributed by atoms with Crippen LogP contribution in [0, 0.1) is 6.92 Å². The van der Waals surface area contributed by atoms with E-state index < -0.39 is 0 Å². The Labute approximate surface area is 147 Å². The first-order chi connectivity index (χ1) is 12.1. The molecule has 0 aliphatic heterocycles. The Kier molecular flexibility index (Phi) is 3.00. The first-order valence-corrected chi connectivity index (χ1v) is 8.54. The molecule has 0 spiro atoms. The second kappa shape index (κ2) is 5.13. The molecule has 25 heavy (non-hydrogen) atoms. The van der Waals surface area contributed by atoms with Gasteiger partial charge >= 0.3 is 0 Å². The van der Waals surface area contributed by atoms with Crippen LogP contribution in [0.3, 0.4) is 0 Å². The Balaban J connectivity index is 1.80. The fourth-order valence-corrected chi connectivity index (χ4v) is 3.39. The van der Waals surface area contributed by atoms with Crippen LogP contribution in [-0.2, 0) is 0 Å². The van der Waals surface area contributed by atoms with Crippen LogP contribution in [0.2, 0.25) is 5.02 Å². The Hall–Kier alpha value is -2.73. The maximum atomic E-state index is 12.7. The van der Waals surface area contributed by atoms with Crippen molar-refractivity contribution in [1.29, 1.82) is 0 Å². The zero-order chi connectivity index (χ0) is 17.1. The van der Waals surface area contributed by atoms with Crippen LogP contribution < -0.4 is 5.56 Å². The fourth-order valence-electron chi connectivity index (χ4n) is 3.26. The zero-order valence-electron chi connectivity index (χ0n) is 13.5. The highest BCUT2D eigenvalue weighted by Gasteiger charge is 2.26. The van der Waals surface area contributed by atoms with E-state index in [1.165, 1.54) is 0 Å². The maximum absolute atomic E-state index is 12.7. The molecule has 3 heterocycles. The summed E-state index contributed by atoms with van der Waals surface area (Å²) < 4.78 is 3.46. The van der Waals surface area contributed by atoms with Crippen molar-refractivity contribution >= 4 is 28.3 Å². The second-order valence-electron chi connectivity index (χ2n) is 6.40. The molecule has 1 aliphatic rings. The van der Waals surface area contributed by atoms with Crippen molar-refractivity contribution in [3.63, 3.8) is 0 Å². The summed E-state index contributed by atoms with van der Waals surface area (Å²) in [6, 6.07) is 9.74. The van der Waals surface area contributed by atoms with Crippen molar-refractivity contribution in [3.05, 3.63) is 57.6 Å². The largest absolute Gasteiger partial charge is 0.310 e. The van der Waals surface area contributed by atoms with Gasteiger partial charge in [-0.15, -0.1) is 10.2 Å². The fraction of sp³-hybridized carbons (Fsp3) is 0.222. The van der Waals surface area contributed by atoms with Crippen LogP contribution in [0.5, 0.6) is 0 Å². The topological polar surface area (TPSA) is 65.1 Å². The molecular formula is C18H14ClN5O. The van der Waals surface area contributed by atoms with Crippen molar-refractivity contribution in [2.45, 2.75) is 25.8 Å². The number of aryl methyl sites for hydroxylation is 1. The standard InChI is InChI=1S/C18H14ClN5O/c1-10-15(11-2-4-12(19)5-3-11)17-21-20-16-14(24(17)22-10)8-9-23(18(16)25)13-6-7-13/h2-5,8-9,13H,6-7H2,1H3. The van der Waals surface area contributed by atoms with Crippen molar-refractivity contribution in [2.24, 2.45) is 0 Å². The van der Waals surface area contributed by atoms with Crippen LogP contribution in [0.4, 0.5) is 0 Å². The van der Waals surface area contributed by atoms with E-state index in [1.54, 1.807) is 9.08 Å². The average molecular weight is 352 g/mol. The third-order valence-electron chi connectivity index (χ3n) is 4.65. The molecule has 1 aromatic carbocycles. The van der Waals surface area contributed by atoms with E-state index in [2.05, 4.69) is 15.3 Å². The number of hydrogen-bond donors (Lipinski definition) is 0. The van der Waals surface area contributed by atoms with Crippen molar-refractivity contribution in [1.82, 2.24) is 24.4 Å². The summed E-state index contributed by atoms with van der Waals surface area (Å²) in [5.41, 5.74) is 4.26. The van der Waals surface area contributed by atoms with Gasteiger partial charge in [0.05, 0.1) is 11.3 Å². The molecule has 124 valence electrons. The number of fused-ring (bicyclic) bond motifs is 3. The van der Waals surface area contributed by atoms with Gasteiger partial charge in [0.2, 0.25) is 0 Å². The van der Waals surface area contributed by atoms with E-state index in [0.29, 0.717) is 27.7 Å². The van der Waals surface area contributed by atoms with E-state index >= 15 is 0 Å². The number of hydrogen-bond acceptors (Lipinski definition) is 4. The molecule has 0 atom stereocenters. The SMILES string of the molecule is Cc1nn2c(nnc3c(=O)n(C4CC4)ccc32)c1-c1ccc(Cl)cc1. The van der Waals surface area contributed by atoms with Crippen LogP contribution in [0.1, 0.15) is 24.6 Å². The Morgan fingerprint density at radius 1 is 1.12 bits per heavy atom. The first kappa shape index (κ1) is 14.6. The summed E-state index contributed by atoms with van der Waals surface area (Å²) in [6.45, 7) is 1.93. The van der Waals surface area contributed by atoms with Gasteiger partial charge in [-0.1, -0.05) is 23.7 Å². The molecule has 7 heteroatoms. The second-order valence-corrected chi connectivity index (χ2v) is 6.83. The third kappa shape index (κ3) is 2.17. The normalized spacial score (nSPS) is 14.5. The van der Waals surface area contributed by atoms with Gasteiger partial charge in [-0.3, -0.25) is 4.79 Å². The summed E-state index contributed by atoms with van der Waals surface area (Å²) in [4.78, 5) is 12.7. The first-order valence-electron chi connectivity index (χ1n) is 8.16. The van der Waals surface area contributed by atoms with Crippen LogP contribution in [-0.4, -0.2) is 24.4 Å². The number of nitrogens with zero attached hydrogens (tertiary/aromatic N) is 5. The minimum absolute atomic E-state index is 0.101. The zero-order valence-corrected chi connectivity index (χ0v) is 14.2. The lowest BCUT2D eigenvalue weighted by molar-refractivity contribution is 0.709. The molecule has 0 radical (unpaired) electrons. The smallest absolute Gasteiger partial charge is 0.280 e. The molecule has 5 rings (SSSR count). The van der Waals surface area contributed by atoms with Gasteiger partial charge in [0.1, 0.15) is 5.52 Å². The molecule has 3 aromatic heterocycles. The molecule has 0 bridgehead atoms. The quantitative estimate of drug-likeness (QED) is 0.555. The summed E-state index contributed by atoms with van der Waals surface area (Å²) in [6.07, 6.45) is 3.92. The van der Waals surface area contributed by atoms with Gasteiger partial charge in [-0.2, -0.15) is 5.10 Å². The lowest BCUT2D eigenvalue weighted by Crippen LogP contribution is -2.20. The predicted molar refractivity (Wildman–Crippen MR) is 96.0 cm³/mol. The minimum Gasteiger partial charge on any atom is -0.310 e. The molecule has 0 saturated heterocycles. The Bertz CT molecular complexity index is 1190. The lowest BCUT2D eigenvalue weighted by atomic mass is 10.1. The van der Waals surface area contributed by atoms with Gasteiger partial charge < -0.3 is 4.57 Å². The highest BCUT2D eigenvalue weighted by atomic mass is 35.5. The van der Waals surface area contributed by atoms with Gasteiger partial charge in [-0.05, 0) is 43.5 Å². The van der Waals surface area contributed by atoms with Crippen LogP contribution in [0.15, 0.2) is 41.3 Å². The number of halogens is 1. The number of rotatable bonds is 2. The van der Waals surface area contributed by atoms with Gasteiger partial charge in [0.15, 0.2) is 11.2 Å². The number of benzene rings is 1. The van der Waals surface area contributed by atoms with Gasteiger partial charge in [-0.25, -0.2) is 4.52 Å². The van der Waals surface area contributed by atoms with Gasteiger partial charge in [0, 0.05) is 17.3 Å². The van der Waals surface area contributed by atoms with E-state index in [0.717, 1.165) is 29.7 Å². The van der Waals surface area contributed by atoms with E-state index in [-0.39, 0.29) is 5.56 Å². The lowest BCUT2D eigenvalue weighted by Gasteiger charge is -2.05. The molecule has 1 aliphatic carbocycles. The van der Waals surface area contributed by atoms with E-state index in [1.807, 2.05) is 43.5 Å². The van der Waals surface area contributed by atoms with E-state index in [9.17, 15) is 4.79 Å². The minimum atomic E-state index is -0.101. The highest BCUT2D eigenvalue weighted by molar-refractivity contribution is 6.30. The molecule has 4 aromatic rings. The molecule has 0 N–H and O–H groups in total. The molecule has 0 amide bonds. The molecular weight excluding hydrogens is 338 g/mol. The predicted octanol–water partition coefficient (Wildman–Crippen LogP) is 3.40. The van der Waals surface area contributed by atoms with Crippen molar-refractivity contribution in [2.75, 3.05) is 0 Å². The van der Waals surface area contributed by atoms with E-state index in [4.69, 9.17) is 11.6 Å². The Morgan fingerprint density at radius 2 is 1.88 bits per heavy atom. The van der Waals surface area contributed by atoms with Crippen molar-refractivity contribution in [3.8, 4) is 11.1 Å². The van der Waals surface area contributed by atoms with Crippen LogP contribution >= 0.6 is 11.6 Å². The van der Waals surface area contributed by atoms with Gasteiger partial charge in [0.25, 0.3) is 5.56 Å². The summed E-state index contributed by atoms with van der Waals surface area (Å²) in [5.74, 6) is 0. The highest BCUT2D eigenvalue weighted by Crippen LogP contribution is 2.34. The molecule has 6 nitrogen and oxygen atoms in total. The maximum Gasteiger partial charge on any atom is 0.280 e. The summed E-state index contributed by atoms with van der Waals surface area (Å²) >= 11 is 5.99. The summed E-state index contributed by atoms with van der Waals surface area (Å²) in [7, 11) is 0. The average Bonchev–Trinajstić information content (AvgIpc) is 3.38. The van der Waals surface area contributed by atoms with Crippen LogP contribution in [0.25, 0.3) is 27.8 Å². The Morgan fingerprint density at radius 3 is 2.60 bits per heavy atom. The molecule has 1 fully saturated rings. The summed E-state index contributed by atoms with van der Waals surface area (Å²) in [5, 5.41) is 13.8. The monoisotopic (exact) mass is 351 g/mol. The molecule has 1 saturated carbocycles.